The molecule has 3 rings (SSSR count). The van der Waals surface area contributed by atoms with E-state index in [-0.39, 0.29) is 11.6 Å². The van der Waals surface area contributed by atoms with E-state index in [0.717, 1.165) is 32.1 Å². The Balaban J connectivity index is 1.79. The molecule has 0 radical (unpaired) electrons. The lowest BCUT2D eigenvalue weighted by Crippen LogP contribution is -2.64. The lowest BCUT2D eigenvalue weighted by Gasteiger charge is -2.47. The maximum atomic E-state index is 5.91. The summed E-state index contributed by atoms with van der Waals surface area (Å²) in [6.07, 6.45) is 5.55. The number of aromatic nitrogens is 4. The van der Waals surface area contributed by atoms with E-state index in [1.807, 2.05) is 0 Å². The molecule has 8 nitrogen and oxygen atoms in total. The number of nitrogens with two attached hydrogens (primary N) is 1. The highest BCUT2D eigenvalue weighted by Gasteiger charge is 2.46. The Bertz CT molecular complexity index is 451. The predicted molar refractivity (Wildman–Crippen MR) is 77.2 cm³/mol. The number of nitrogens with zero attached hydrogens (tertiary/aromatic N) is 5. The molecule has 1 saturated carbocycles. The highest BCUT2D eigenvalue weighted by molar-refractivity contribution is 5.06. The standard InChI is InChI=1S/C13H25N7O/c1-19-17-12(16-18-19)10-11(15-14)13(4-2-3-5-13)20-6-8-21-9-7-20/h11,15H,2-10,14H2,1H3. The molecule has 1 aliphatic carbocycles. The van der Waals surface area contributed by atoms with Crippen molar-refractivity contribution in [2.24, 2.45) is 12.9 Å². The van der Waals surface area contributed by atoms with Crippen molar-refractivity contribution in [3.8, 4) is 0 Å². The van der Waals surface area contributed by atoms with Crippen LogP contribution in [0.5, 0.6) is 0 Å². The summed E-state index contributed by atoms with van der Waals surface area (Å²) in [7, 11) is 1.79. The van der Waals surface area contributed by atoms with Crippen LogP contribution < -0.4 is 11.3 Å². The molecule has 3 N–H and O–H groups in total. The topological polar surface area (TPSA) is 94.1 Å². The normalized spacial score (nSPS) is 24.3. The zero-order valence-electron chi connectivity index (χ0n) is 12.7. The minimum atomic E-state index is 0.0950. The van der Waals surface area contributed by atoms with Gasteiger partial charge in [-0.1, -0.05) is 12.8 Å². The smallest absolute Gasteiger partial charge is 0.176 e. The Morgan fingerprint density at radius 1 is 1.33 bits per heavy atom. The van der Waals surface area contributed by atoms with Crippen molar-refractivity contribution < 1.29 is 4.74 Å². The van der Waals surface area contributed by atoms with Crippen LogP contribution in [0, 0.1) is 0 Å². The highest BCUT2D eigenvalue weighted by Crippen LogP contribution is 2.39. The van der Waals surface area contributed by atoms with Crippen molar-refractivity contribution in [1.82, 2.24) is 30.5 Å². The Morgan fingerprint density at radius 3 is 2.62 bits per heavy atom. The molecule has 0 amide bonds. The van der Waals surface area contributed by atoms with Crippen LogP contribution in [-0.4, -0.2) is 63.0 Å². The first-order valence-electron chi connectivity index (χ1n) is 7.76. The van der Waals surface area contributed by atoms with Crippen LogP contribution in [0.25, 0.3) is 0 Å². The SMILES string of the molecule is Cn1nnc(CC(NN)C2(N3CCOCC3)CCCC2)n1. The van der Waals surface area contributed by atoms with Gasteiger partial charge in [0, 0.05) is 31.1 Å². The van der Waals surface area contributed by atoms with Gasteiger partial charge in [-0.3, -0.25) is 16.2 Å². The van der Waals surface area contributed by atoms with Crippen molar-refractivity contribution in [3.63, 3.8) is 0 Å². The lowest BCUT2D eigenvalue weighted by molar-refractivity contribution is -0.0359. The van der Waals surface area contributed by atoms with Gasteiger partial charge in [0.05, 0.1) is 20.3 Å². The number of hydrogen-bond donors (Lipinski definition) is 2. The maximum Gasteiger partial charge on any atom is 0.176 e. The number of tetrazole rings is 1. The molecule has 21 heavy (non-hydrogen) atoms. The van der Waals surface area contributed by atoms with Crippen LogP contribution >= 0.6 is 0 Å². The Morgan fingerprint density at radius 2 is 2.05 bits per heavy atom. The number of rotatable bonds is 5. The zero-order valence-corrected chi connectivity index (χ0v) is 12.7. The monoisotopic (exact) mass is 295 g/mol. The summed E-state index contributed by atoms with van der Waals surface area (Å²) >= 11 is 0. The van der Waals surface area contributed by atoms with Gasteiger partial charge in [0.1, 0.15) is 0 Å². The molecule has 1 aromatic rings. The number of nitrogens with one attached hydrogen (secondary N) is 1. The molecule has 2 aliphatic rings. The predicted octanol–water partition coefficient (Wildman–Crippen LogP) is -0.770. The van der Waals surface area contributed by atoms with Gasteiger partial charge in [-0.15, -0.1) is 10.2 Å². The van der Waals surface area contributed by atoms with E-state index < -0.39 is 0 Å². The van der Waals surface area contributed by atoms with Crippen molar-refractivity contribution >= 4 is 0 Å². The van der Waals surface area contributed by atoms with Gasteiger partial charge in [0.25, 0.3) is 0 Å². The van der Waals surface area contributed by atoms with Gasteiger partial charge in [-0.2, -0.15) is 4.80 Å². The quantitative estimate of drug-likeness (QED) is 0.544. The summed E-state index contributed by atoms with van der Waals surface area (Å²) < 4.78 is 5.51. The zero-order chi connectivity index (χ0) is 14.7. The first-order valence-corrected chi connectivity index (χ1v) is 7.76. The van der Waals surface area contributed by atoms with Crippen LogP contribution in [0.1, 0.15) is 31.5 Å². The van der Waals surface area contributed by atoms with E-state index >= 15 is 0 Å². The molecule has 1 atom stereocenters. The molecule has 0 bridgehead atoms. The second kappa shape index (κ2) is 6.35. The fourth-order valence-electron chi connectivity index (χ4n) is 3.87. The first-order chi connectivity index (χ1) is 10.2. The minimum Gasteiger partial charge on any atom is -0.379 e. The van der Waals surface area contributed by atoms with Crippen molar-refractivity contribution in [2.45, 2.75) is 43.7 Å². The summed E-state index contributed by atoms with van der Waals surface area (Å²) in [4.78, 5) is 4.06. The van der Waals surface area contributed by atoms with Crippen LogP contribution in [0.2, 0.25) is 0 Å². The van der Waals surface area contributed by atoms with Crippen LogP contribution in [0.4, 0.5) is 0 Å². The van der Waals surface area contributed by atoms with Crippen LogP contribution in [0.15, 0.2) is 0 Å². The van der Waals surface area contributed by atoms with Gasteiger partial charge in [0.15, 0.2) is 5.82 Å². The van der Waals surface area contributed by atoms with Crippen molar-refractivity contribution in [3.05, 3.63) is 5.82 Å². The summed E-state index contributed by atoms with van der Waals surface area (Å²) in [5, 5.41) is 12.3. The molecular formula is C13H25N7O. The fraction of sp³-hybridized carbons (Fsp3) is 0.923. The summed E-state index contributed by atoms with van der Waals surface area (Å²) in [6, 6.07) is 0.141. The second-order valence-corrected chi connectivity index (χ2v) is 6.03. The van der Waals surface area contributed by atoms with Crippen LogP contribution in [-0.2, 0) is 18.2 Å². The molecule has 1 saturated heterocycles. The van der Waals surface area contributed by atoms with E-state index in [2.05, 4.69) is 25.7 Å². The average molecular weight is 295 g/mol. The van der Waals surface area contributed by atoms with Crippen molar-refractivity contribution in [2.75, 3.05) is 26.3 Å². The van der Waals surface area contributed by atoms with Gasteiger partial charge in [0.2, 0.25) is 0 Å². The molecule has 1 unspecified atom stereocenters. The van der Waals surface area contributed by atoms with E-state index in [1.165, 1.54) is 30.5 Å². The van der Waals surface area contributed by atoms with E-state index in [0.29, 0.717) is 6.42 Å². The number of morpholine rings is 1. The van der Waals surface area contributed by atoms with Crippen LogP contribution in [0.3, 0.4) is 0 Å². The molecule has 118 valence electrons. The van der Waals surface area contributed by atoms with E-state index in [1.54, 1.807) is 7.05 Å². The summed E-state index contributed by atoms with van der Waals surface area (Å²) in [6.45, 7) is 3.57. The number of hydrogen-bond acceptors (Lipinski definition) is 7. The van der Waals surface area contributed by atoms with Gasteiger partial charge < -0.3 is 4.74 Å². The third-order valence-corrected chi connectivity index (χ3v) is 4.90. The molecule has 1 aliphatic heterocycles. The van der Waals surface area contributed by atoms with Gasteiger partial charge in [-0.05, 0) is 18.1 Å². The number of ether oxygens (including phenoxy) is 1. The first kappa shape index (κ1) is 14.8. The fourth-order valence-corrected chi connectivity index (χ4v) is 3.87. The van der Waals surface area contributed by atoms with Gasteiger partial charge in [-0.25, -0.2) is 0 Å². The Labute approximate surface area is 125 Å². The molecule has 8 heteroatoms. The molecular weight excluding hydrogens is 270 g/mol. The highest BCUT2D eigenvalue weighted by atomic mass is 16.5. The molecule has 0 aromatic carbocycles. The molecule has 0 spiro atoms. The largest absolute Gasteiger partial charge is 0.379 e. The van der Waals surface area contributed by atoms with E-state index in [9.17, 15) is 0 Å². The molecule has 2 heterocycles. The third kappa shape index (κ3) is 2.94. The molecule has 1 aromatic heterocycles. The average Bonchev–Trinajstić information content (AvgIpc) is 3.15. The Kier molecular flexibility index (Phi) is 4.48. The lowest BCUT2D eigenvalue weighted by atomic mass is 9.84. The number of aryl methyl sites for hydroxylation is 1. The third-order valence-electron chi connectivity index (χ3n) is 4.90. The number of hydrazine groups is 1. The minimum absolute atomic E-state index is 0.0950. The maximum absolute atomic E-state index is 5.91. The Hall–Kier alpha value is -1.09. The van der Waals surface area contributed by atoms with E-state index in [4.69, 9.17) is 10.6 Å². The summed E-state index contributed by atoms with van der Waals surface area (Å²) in [5.41, 5.74) is 3.14. The summed E-state index contributed by atoms with van der Waals surface area (Å²) in [5.74, 6) is 6.66. The van der Waals surface area contributed by atoms with Crippen molar-refractivity contribution in [1.29, 1.82) is 0 Å². The second-order valence-electron chi connectivity index (χ2n) is 6.03. The van der Waals surface area contributed by atoms with Gasteiger partial charge >= 0.3 is 0 Å². The molecule has 2 fully saturated rings.